The molecule has 158 valence electrons. The van der Waals surface area contributed by atoms with Crippen LogP contribution in [0, 0.1) is 5.92 Å². The Morgan fingerprint density at radius 1 is 0.903 bits per heavy atom. The third-order valence-corrected chi connectivity index (χ3v) is 6.85. The molecule has 3 aromatic carbocycles. The molecule has 5 rings (SSSR count). The Balaban J connectivity index is 1.52. The zero-order valence-electron chi connectivity index (χ0n) is 16.9. The van der Waals surface area contributed by atoms with E-state index in [-0.39, 0.29) is 35.7 Å². The van der Waals surface area contributed by atoms with Gasteiger partial charge >= 0.3 is 0 Å². The van der Waals surface area contributed by atoms with Gasteiger partial charge < -0.3 is 10.0 Å². The minimum absolute atomic E-state index is 0.0501. The van der Waals surface area contributed by atoms with E-state index in [1.165, 1.54) is 5.56 Å². The van der Waals surface area contributed by atoms with Gasteiger partial charge in [0.15, 0.2) is 0 Å². The molecule has 0 aromatic heterocycles. The van der Waals surface area contributed by atoms with Crippen molar-refractivity contribution in [1.82, 2.24) is 15.8 Å². The van der Waals surface area contributed by atoms with Crippen LogP contribution in [0.5, 0.6) is 5.75 Å². The fourth-order valence-corrected chi connectivity index (χ4v) is 5.37. The molecule has 0 saturated carbocycles. The predicted octanol–water partition coefficient (Wildman–Crippen LogP) is 4.11. The average molecular weight is 478 g/mol. The van der Waals surface area contributed by atoms with Gasteiger partial charge in [0.25, 0.3) is 0 Å². The van der Waals surface area contributed by atoms with Gasteiger partial charge in [-0.15, -0.1) is 0 Å². The number of nitrogens with zero attached hydrogens (tertiary/aromatic N) is 1. The second-order valence-electron chi connectivity index (χ2n) is 8.15. The van der Waals surface area contributed by atoms with Crippen LogP contribution in [-0.2, 0) is 11.2 Å². The van der Waals surface area contributed by atoms with Crippen molar-refractivity contribution in [3.63, 3.8) is 0 Å². The van der Waals surface area contributed by atoms with E-state index in [0.29, 0.717) is 6.54 Å². The van der Waals surface area contributed by atoms with Gasteiger partial charge in [-0.3, -0.25) is 4.79 Å². The van der Waals surface area contributed by atoms with Crippen molar-refractivity contribution < 1.29 is 9.90 Å². The van der Waals surface area contributed by atoms with Gasteiger partial charge in [0, 0.05) is 22.5 Å². The van der Waals surface area contributed by atoms with Crippen molar-refractivity contribution in [2.75, 3.05) is 6.54 Å². The van der Waals surface area contributed by atoms with Crippen LogP contribution < -0.4 is 10.9 Å². The first-order chi connectivity index (χ1) is 15.1. The number of hydrogen-bond acceptors (Lipinski definition) is 4. The third kappa shape index (κ3) is 3.76. The number of para-hydroxylation sites is 1. The molecule has 3 N–H and O–H groups in total. The van der Waals surface area contributed by atoms with Crippen molar-refractivity contribution in [1.29, 1.82) is 0 Å². The van der Waals surface area contributed by atoms with Gasteiger partial charge in [0.1, 0.15) is 11.8 Å². The summed E-state index contributed by atoms with van der Waals surface area (Å²) in [7, 11) is 0. The van der Waals surface area contributed by atoms with Crippen LogP contribution in [-0.4, -0.2) is 28.5 Å². The van der Waals surface area contributed by atoms with Crippen molar-refractivity contribution in [2.45, 2.75) is 24.5 Å². The highest BCUT2D eigenvalue weighted by molar-refractivity contribution is 9.10. The number of hydrazine groups is 1. The lowest BCUT2D eigenvalue weighted by Crippen LogP contribution is -2.42. The summed E-state index contributed by atoms with van der Waals surface area (Å²) in [6.45, 7) is 0.641. The summed E-state index contributed by atoms with van der Waals surface area (Å²) in [5, 5.41) is 10.5. The van der Waals surface area contributed by atoms with Gasteiger partial charge in [-0.2, -0.15) is 0 Å². The molecular weight excluding hydrogens is 454 g/mol. The van der Waals surface area contributed by atoms with E-state index in [1.807, 2.05) is 53.4 Å². The SMILES string of the molecule is O=C1C2NNC(c3ccccc3O)C2C(c2cccc(Br)c2)N1CCc1ccccc1. The fraction of sp³-hybridized carbons (Fsp3) is 0.240. The molecule has 0 radical (unpaired) electrons. The Kier molecular flexibility index (Phi) is 5.52. The van der Waals surface area contributed by atoms with Crippen molar-refractivity contribution >= 4 is 21.8 Å². The van der Waals surface area contributed by atoms with Crippen molar-refractivity contribution in [3.8, 4) is 5.75 Å². The maximum Gasteiger partial charge on any atom is 0.242 e. The molecule has 2 heterocycles. The first-order valence-corrected chi connectivity index (χ1v) is 11.3. The summed E-state index contributed by atoms with van der Waals surface area (Å²) in [6.07, 6.45) is 0.797. The summed E-state index contributed by atoms with van der Waals surface area (Å²) in [4.78, 5) is 15.5. The maximum absolute atomic E-state index is 13.5. The van der Waals surface area contributed by atoms with Gasteiger partial charge in [-0.25, -0.2) is 10.9 Å². The van der Waals surface area contributed by atoms with Crippen LogP contribution in [0.4, 0.5) is 0 Å². The van der Waals surface area contributed by atoms with E-state index in [1.54, 1.807) is 6.07 Å². The van der Waals surface area contributed by atoms with Crippen LogP contribution in [0.2, 0.25) is 0 Å². The van der Waals surface area contributed by atoms with Gasteiger partial charge in [-0.05, 0) is 35.7 Å². The van der Waals surface area contributed by atoms with Gasteiger partial charge in [-0.1, -0.05) is 76.6 Å². The highest BCUT2D eigenvalue weighted by atomic mass is 79.9. The number of carbonyl (C=O) groups is 1. The largest absolute Gasteiger partial charge is 0.508 e. The molecule has 4 unspecified atom stereocenters. The molecule has 4 atom stereocenters. The smallest absolute Gasteiger partial charge is 0.242 e. The number of nitrogens with one attached hydrogen (secondary N) is 2. The number of halogens is 1. The zero-order valence-corrected chi connectivity index (χ0v) is 18.5. The molecule has 3 aromatic rings. The summed E-state index contributed by atoms with van der Waals surface area (Å²) in [5.41, 5.74) is 9.62. The lowest BCUT2D eigenvalue weighted by molar-refractivity contribution is -0.130. The number of carbonyl (C=O) groups excluding carboxylic acids is 1. The van der Waals surface area contributed by atoms with Crippen LogP contribution in [0.25, 0.3) is 0 Å². The van der Waals surface area contributed by atoms with E-state index in [4.69, 9.17) is 0 Å². The second-order valence-corrected chi connectivity index (χ2v) is 9.06. The van der Waals surface area contributed by atoms with Gasteiger partial charge in [0.05, 0.1) is 12.1 Å². The van der Waals surface area contributed by atoms with Crippen LogP contribution in [0.1, 0.15) is 28.8 Å². The second kappa shape index (κ2) is 8.46. The Morgan fingerprint density at radius 3 is 2.42 bits per heavy atom. The molecule has 6 heteroatoms. The molecule has 2 aliphatic rings. The summed E-state index contributed by atoms with van der Waals surface area (Å²) in [5.74, 6) is 0.285. The number of aromatic hydroxyl groups is 1. The molecule has 5 nitrogen and oxygen atoms in total. The number of benzene rings is 3. The number of hydrogen-bond donors (Lipinski definition) is 3. The average Bonchev–Trinajstić information content (AvgIpc) is 3.32. The van der Waals surface area contributed by atoms with E-state index in [9.17, 15) is 9.90 Å². The Bertz CT molecular complexity index is 1090. The first kappa shape index (κ1) is 20.2. The zero-order chi connectivity index (χ0) is 21.4. The Hall–Kier alpha value is -2.67. The van der Waals surface area contributed by atoms with Crippen molar-refractivity contribution in [3.05, 3.63) is 100 Å². The molecular formula is C25H24BrN3O2. The third-order valence-electron chi connectivity index (χ3n) is 6.36. The van der Waals surface area contributed by atoms with Crippen LogP contribution in [0.3, 0.4) is 0 Å². The Morgan fingerprint density at radius 2 is 1.65 bits per heavy atom. The number of phenolic OH excluding ortho intramolecular Hbond substituents is 1. The highest BCUT2D eigenvalue weighted by Crippen LogP contribution is 2.48. The first-order valence-electron chi connectivity index (χ1n) is 10.5. The van der Waals surface area contributed by atoms with E-state index >= 15 is 0 Å². The molecule has 0 spiro atoms. The van der Waals surface area contributed by atoms with Gasteiger partial charge in [0.2, 0.25) is 5.91 Å². The minimum atomic E-state index is -0.343. The Labute approximate surface area is 190 Å². The van der Waals surface area contributed by atoms with Crippen LogP contribution in [0.15, 0.2) is 83.3 Å². The van der Waals surface area contributed by atoms with E-state index in [2.05, 4.69) is 51.0 Å². The standard InChI is InChI=1S/C25H24BrN3O2/c26-18-10-6-9-17(15-18)24-21-22(19-11-4-5-12-20(19)30)27-28-23(21)25(31)29(24)14-13-16-7-2-1-3-8-16/h1-12,15,21-24,27-28,30H,13-14H2. The molecule has 2 fully saturated rings. The highest BCUT2D eigenvalue weighted by Gasteiger charge is 2.55. The number of likely N-dealkylation sites (tertiary alicyclic amines) is 1. The van der Waals surface area contributed by atoms with Crippen LogP contribution >= 0.6 is 15.9 Å². The topological polar surface area (TPSA) is 64.6 Å². The quantitative estimate of drug-likeness (QED) is 0.517. The lowest BCUT2D eigenvalue weighted by atomic mass is 9.83. The van der Waals surface area contributed by atoms with E-state index < -0.39 is 0 Å². The molecule has 1 amide bonds. The summed E-state index contributed by atoms with van der Waals surface area (Å²) >= 11 is 3.59. The number of rotatable bonds is 5. The molecule has 0 aliphatic carbocycles. The number of amides is 1. The normalized spacial score (nSPS) is 25.1. The fourth-order valence-electron chi connectivity index (χ4n) is 4.95. The minimum Gasteiger partial charge on any atom is -0.508 e. The monoisotopic (exact) mass is 477 g/mol. The molecule has 2 aliphatic heterocycles. The lowest BCUT2D eigenvalue weighted by Gasteiger charge is -2.31. The van der Waals surface area contributed by atoms with E-state index in [0.717, 1.165) is 22.0 Å². The number of fused-ring (bicyclic) bond motifs is 1. The number of phenols is 1. The summed E-state index contributed by atoms with van der Waals surface area (Å²) < 4.78 is 0.988. The van der Waals surface area contributed by atoms with Crippen molar-refractivity contribution in [2.24, 2.45) is 5.92 Å². The molecule has 31 heavy (non-hydrogen) atoms. The molecule has 2 saturated heterocycles. The predicted molar refractivity (Wildman–Crippen MR) is 123 cm³/mol. The molecule has 0 bridgehead atoms. The maximum atomic E-state index is 13.5. The summed E-state index contributed by atoms with van der Waals surface area (Å²) in [6, 6.07) is 25.2.